The van der Waals surface area contributed by atoms with Gasteiger partial charge in [-0.25, -0.2) is 4.79 Å². The highest BCUT2D eigenvalue weighted by Gasteiger charge is 2.14. The number of carbonyl (C=O) groups is 1. The maximum atomic E-state index is 11.2. The molecule has 0 saturated carbocycles. The number of fused-ring (bicyclic) bond motifs is 1. The molecule has 0 aliphatic carbocycles. The van der Waals surface area contributed by atoms with E-state index in [0.717, 1.165) is 39.5 Å². The summed E-state index contributed by atoms with van der Waals surface area (Å²) in [4.78, 5) is 13.3. The minimum Gasteiger partial charge on any atom is -0.497 e. The van der Waals surface area contributed by atoms with Crippen LogP contribution in [0.25, 0.3) is 28.4 Å². The average molecular weight is 517 g/mol. The van der Waals surface area contributed by atoms with E-state index in [-0.39, 0.29) is 5.57 Å². The summed E-state index contributed by atoms with van der Waals surface area (Å²) in [5.74, 6) is 0.964. The molecule has 5 aromatic rings. The second-order valence-electron chi connectivity index (χ2n) is 8.66. The van der Waals surface area contributed by atoms with Gasteiger partial charge in [0.2, 0.25) is 0 Å². The number of methoxy groups -OCH3 is 2. The van der Waals surface area contributed by atoms with Crippen LogP contribution in [0.2, 0.25) is 0 Å². The van der Waals surface area contributed by atoms with Gasteiger partial charge in [0.1, 0.15) is 34.5 Å². The molecule has 192 valence electrons. The monoisotopic (exact) mass is 516 g/mol. The number of anilines is 3. The average Bonchev–Trinajstić information content (AvgIpc) is 3.40. The van der Waals surface area contributed by atoms with Crippen LogP contribution in [0.1, 0.15) is 5.56 Å². The number of nitrogens with zero attached hydrogens (tertiary/aromatic N) is 2. The van der Waals surface area contributed by atoms with E-state index >= 15 is 0 Å². The summed E-state index contributed by atoms with van der Waals surface area (Å²) < 4.78 is 16.8. The summed E-state index contributed by atoms with van der Waals surface area (Å²) in [7, 11) is 3.29. The molecule has 4 aromatic carbocycles. The summed E-state index contributed by atoms with van der Waals surface area (Å²) in [6.45, 7) is 0. The van der Waals surface area contributed by atoms with Crippen LogP contribution in [0.4, 0.5) is 17.1 Å². The second-order valence-corrected chi connectivity index (χ2v) is 8.66. The molecule has 1 aromatic heterocycles. The number of nitriles is 1. The maximum absolute atomic E-state index is 11.2. The zero-order chi connectivity index (χ0) is 27.4. The Morgan fingerprint density at radius 2 is 1.36 bits per heavy atom. The van der Waals surface area contributed by atoms with E-state index in [2.05, 4.69) is 4.90 Å². The third-order valence-electron chi connectivity index (χ3n) is 6.28. The Kier molecular flexibility index (Phi) is 7.02. The van der Waals surface area contributed by atoms with Gasteiger partial charge >= 0.3 is 5.97 Å². The molecule has 5 rings (SSSR count). The van der Waals surface area contributed by atoms with Gasteiger partial charge in [0.05, 0.1) is 14.2 Å². The third kappa shape index (κ3) is 5.31. The number of carboxylic acid groups (broad SMARTS) is 1. The molecule has 0 amide bonds. The maximum Gasteiger partial charge on any atom is 0.346 e. The van der Waals surface area contributed by atoms with E-state index in [1.165, 1.54) is 6.08 Å². The molecule has 0 fully saturated rings. The third-order valence-corrected chi connectivity index (χ3v) is 6.28. The molecule has 7 heteroatoms. The van der Waals surface area contributed by atoms with Crippen molar-refractivity contribution in [1.82, 2.24) is 0 Å². The van der Waals surface area contributed by atoms with Crippen molar-refractivity contribution in [2.75, 3.05) is 19.1 Å². The predicted octanol–water partition coefficient (Wildman–Crippen LogP) is 7.58. The molecular weight excluding hydrogens is 492 g/mol. The lowest BCUT2D eigenvalue weighted by Crippen LogP contribution is -2.09. The Morgan fingerprint density at radius 3 is 1.85 bits per heavy atom. The zero-order valence-electron chi connectivity index (χ0n) is 21.3. The summed E-state index contributed by atoms with van der Waals surface area (Å²) in [6, 6.07) is 32.7. The molecule has 7 nitrogen and oxygen atoms in total. The molecule has 0 unspecified atom stereocenters. The standard InChI is InChI=1S/C32H24N2O5/c1-37-28-13-9-26(10-14-28)34(27-11-15-29(38-2)16-12-27)25-7-5-22(6-8-25)31-19-23-4-3-21(18-30(23)39-31)17-24(20-33)32(35)36/h3-19H,1-2H3,(H,35,36)/b24-17+. The topological polar surface area (TPSA) is 95.9 Å². The van der Waals surface area contributed by atoms with Gasteiger partial charge in [0.25, 0.3) is 0 Å². The summed E-state index contributed by atoms with van der Waals surface area (Å²) >= 11 is 0. The van der Waals surface area contributed by atoms with Crippen molar-refractivity contribution in [3.05, 3.63) is 108 Å². The van der Waals surface area contributed by atoms with Crippen molar-refractivity contribution in [2.45, 2.75) is 0 Å². The molecule has 0 aliphatic heterocycles. The fraction of sp³-hybridized carbons (Fsp3) is 0.0625. The van der Waals surface area contributed by atoms with Gasteiger partial charge in [-0.1, -0.05) is 12.1 Å². The Balaban J connectivity index is 1.49. The van der Waals surface area contributed by atoms with Crippen molar-refractivity contribution in [2.24, 2.45) is 0 Å². The molecular formula is C32H24N2O5. The van der Waals surface area contributed by atoms with Crippen LogP contribution in [0.5, 0.6) is 11.5 Å². The Labute approximate surface area is 225 Å². The number of aliphatic carboxylic acids is 1. The fourth-order valence-corrected chi connectivity index (χ4v) is 4.27. The molecule has 1 heterocycles. The van der Waals surface area contributed by atoms with Crippen LogP contribution in [0.3, 0.4) is 0 Å². The minimum absolute atomic E-state index is 0.338. The van der Waals surface area contributed by atoms with Gasteiger partial charge in [-0.15, -0.1) is 0 Å². The summed E-state index contributed by atoms with van der Waals surface area (Å²) in [5, 5.41) is 19.0. The van der Waals surface area contributed by atoms with Crippen LogP contribution >= 0.6 is 0 Å². The van der Waals surface area contributed by atoms with E-state index in [1.54, 1.807) is 32.4 Å². The summed E-state index contributed by atoms with van der Waals surface area (Å²) in [6.07, 6.45) is 1.33. The van der Waals surface area contributed by atoms with Crippen LogP contribution in [0.15, 0.2) is 107 Å². The number of benzene rings is 4. The molecule has 0 atom stereocenters. The first kappa shape index (κ1) is 25.2. The van der Waals surface area contributed by atoms with Crippen molar-refractivity contribution < 1.29 is 23.8 Å². The molecule has 0 bridgehead atoms. The molecule has 0 saturated heterocycles. The van der Waals surface area contributed by atoms with Gasteiger partial charge in [0, 0.05) is 28.0 Å². The molecule has 0 radical (unpaired) electrons. The first-order valence-electron chi connectivity index (χ1n) is 12.1. The van der Waals surface area contributed by atoms with Gasteiger partial charge in [-0.05, 0) is 96.6 Å². The van der Waals surface area contributed by atoms with E-state index in [4.69, 9.17) is 24.3 Å². The van der Waals surface area contributed by atoms with E-state index < -0.39 is 5.97 Å². The lowest BCUT2D eigenvalue weighted by molar-refractivity contribution is -0.132. The lowest BCUT2D eigenvalue weighted by atomic mass is 10.1. The smallest absolute Gasteiger partial charge is 0.346 e. The molecule has 39 heavy (non-hydrogen) atoms. The first-order valence-corrected chi connectivity index (χ1v) is 12.1. The van der Waals surface area contributed by atoms with Gasteiger partial charge in [-0.3, -0.25) is 0 Å². The van der Waals surface area contributed by atoms with E-state index in [1.807, 2.05) is 84.9 Å². The van der Waals surface area contributed by atoms with Crippen LogP contribution < -0.4 is 14.4 Å². The zero-order valence-corrected chi connectivity index (χ0v) is 21.3. The largest absolute Gasteiger partial charge is 0.497 e. The Hall–Kier alpha value is -5.48. The van der Waals surface area contributed by atoms with Crippen LogP contribution in [-0.4, -0.2) is 25.3 Å². The predicted molar refractivity (Wildman–Crippen MR) is 151 cm³/mol. The highest BCUT2D eigenvalue weighted by molar-refractivity contribution is 5.97. The Morgan fingerprint density at radius 1 is 0.821 bits per heavy atom. The highest BCUT2D eigenvalue weighted by atomic mass is 16.5. The number of hydrogen-bond donors (Lipinski definition) is 1. The number of carboxylic acids is 1. The number of rotatable bonds is 8. The number of ether oxygens (including phenoxy) is 2. The normalized spacial score (nSPS) is 11.2. The SMILES string of the molecule is COc1ccc(N(c2ccc(OC)cc2)c2ccc(-c3cc4ccc(/C=C(\C#N)C(=O)O)cc4o3)cc2)cc1. The number of furan rings is 1. The fourth-order valence-electron chi connectivity index (χ4n) is 4.27. The van der Waals surface area contributed by atoms with Gasteiger partial charge < -0.3 is 23.9 Å². The van der Waals surface area contributed by atoms with E-state index in [9.17, 15) is 4.79 Å². The van der Waals surface area contributed by atoms with Gasteiger partial charge in [0.15, 0.2) is 0 Å². The van der Waals surface area contributed by atoms with Crippen molar-refractivity contribution >= 4 is 40.1 Å². The first-order chi connectivity index (χ1) is 19.0. The Bertz CT molecular complexity index is 1650. The van der Waals surface area contributed by atoms with Crippen molar-refractivity contribution in [3.8, 4) is 28.9 Å². The quantitative estimate of drug-likeness (QED) is 0.168. The second kappa shape index (κ2) is 10.9. The van der Waals surface area contributed by atoms with Crippen molar-refractivity contribution in [3.63, 3.8) is 0 Å². The lowest BCUT2D eigenvalue weighted by Gasteiger charge is -2.26. The van der Waals surface area contributed by atoms with E-state index in [0.29, 0.717) is 16.9 Å². The number of hydrogen-bond acceptors (Lipinski definition) is 6. The van der Waals surface area contributed by atoms with Crippen molar-refractivity contribution in [1.29, 1.82) is 5.26 Å². The highest BCUT2D eigenvalue weighted by Crippen LogP contribution is 2.37. The minimum atomic E-state index is -1.27. The molecule has 1 N–H and O–H groups in total. The van der Waals surface area contributed by atoms with Crippen LogP contribution in [-0.2, 0) is 4.79 Å². The summed E-state index contributed by atoms with van der Waals surface area (Å²) in [5.41, 5.74) is 4.62. The van der Waals surface area contributed by atoms with Gasteiger partial charge in [-0.2, -0.15) is 5.26 Å². The van der Waals surface area contributed by atoms with Crippen LogP contribution in [0, 0.1) is 11.3 Å². The molecule has 0 aliphatic rings. The molecule has 0 spiro atoms.